The summed E-state index contributed by atoms with van der Waals surface area (Å²) in [6, 6.07) is 6.59. The molecule has 0 atom stereocenters. The van der Waals surface area contributed by atoms with E-state index in [1.54, 1.807) is 22.9 Å². The van der Waals surface area contributed by atoms with Gasteiger partial charge in [-0.1, -0.05) is 18.2 Å². The van der Waals surface area contributed by atoms with Crippen LogP contribution >= 0.6 is 0 Å². The van der Waals surface area contributed by atoms with E-state index < -0.39 is 0 Å². The monoisotopic (exact) mass is 206 g/mol. The molecule has 4 nitrogen and oxygen atoms in total. The predicted octanol–water partition coefficient (Wildman–Crippen LogP) is 0.924. The van der Waals surface area contributed by atoms with Gasteiger partial charge in [0.05, 0.1) is 13.1 Å². The number of hydrogen-bond acceptors (Lipinski definition) is 3. The van der Waals surface area contributed by atoms with E-state index in [0.717, 1.165) is 0 Å². The molecule has 2 N–H and O–H groups in total. The van der Waals surface area contributed by atoms with Gasteiger partial charge in [0.2, 0.25) is 0 Å². The topological polar surface area (TPSA) is 56.7 Å². The third-order valence-electron chi connectivity index (χ3n) is 2.16. The first-order chi connectivity index (χ1) is 7.31. The van der Waals surface area contributed by atoms with E-state index in [0.29, 0.717) is 24.5 Å². The van der Waals surface area contributed by atoms with E-state index >= 15 is 0 Å². The van der Waals surface area contributed by atoms with Gasteiger partial charge in [-0.05, 0) is 6.07 Å². The highest BCUT2D eigenvalue weighted by molar-refractivity contribution is 5.17. The lowest BCUT2D eigenvalue weighted by atomic mass is 10.2. The van der Waals surface area contributed by atoms with Crippen LogP contribution in [0.1, 0.15) is 11.4 Å². The Hall–Kier alpha value is -1.75. The quantitative estimate of drug-likeness (QED) is 0.812. The molecule has 1 aromatic carbocycles. The van der Waals surface area contributed by atoms with Crippen LogP contribution in [0.3, 0.4) is 0 Å². The van der Waals surface area contributed by atoms with Crippen molar-refractivity contribution in [2.24, 2.45) is 5.73 Å². The highest BCUT2D eigenvalue weighted by atomic mass is 19.1. The number of rotatable bonds is 3. The summed E-state index contributed by atoms with van der Waals surface area (Å²) < 4.78 is 14.9. The van der Waals surface area contributed by atoms with Crippen molar-refractivity contribution in [1.29, 1.82) is 0 Å². The first-order valence-electron chi connectivity index (χ1n) is 4.61. The van der Waals surface area contributed by atoms with Crippen LogP contribution in [-0.2, 0) is 13.1 Å². The molecule has 0 unspecified atom stereocenters. The van der Waals surface area contributed by atoms with Crippen LogP contribution in [0.15, 0.2) is 30.6 Å². The first-order valence-corrected chi connectivity index (χ1v) is 4.61. The van der Waals surface area contributed by atoms with Crippen molar-refractivity contribution in [2.45, 2.75) is 13.1 Å². The molecule has 78 valence electrons. The molecular formula is C10H11FN4. The fraction of sp³-hybridized carbons (Fsp3) is 0.200. The molecule has 0 bridgehead atoms. The van der Waals surface area contributed by atoms with Gasteiger partial charge in [0.15, 0.2) is 0 Å². The molecule has 0 aliphatic rings. The Bertz CT molecular complexity index is 452. The smallest absolute Gasteiger partial charge is 0.140 e. The number of hydrogen-bond donors (Lipinski definition) is 1. The maximum atomic E-state index is 13.3. The van der Waals surface area contributed by atoms with Gasteiger partial charge in [-0.15, -0.1) is 0 Å². The second-order valence-corrected chi connectivity index (χ2v) is 3.13. The third-order valence-corrected chi connectivity index (χ3v) is 2.16. The summed E-state index contributed by atoms with van der Waals surface area (Å²) in [4.78, 5) is 3.96. The normalized spacial score (nSPS) is 10.5. The minimum absolute atomic E-state index is 0.240. The summed E-state index contributed by atoms with van der Waals surface area (Å²) in [5.74, 6) is 0.411. The first kappa shape index (κ1) is 9.79. The minimum atomic E-state index is -0.240. The Morgan fingerprint density at radius 2 is 2.13 bits per heavy atom. The number of benzene rings is 1. The number of aromatic nitrogens is 3. The van der Waals surface area contributed by atoms with E-state index in [1.807, 2.05) is 0 Å². The standard InChI is InChI=1S/C10H11FN4/c11-9-4-2-1-3-8(9)6-15-10(5-12)13-7-14-15/h1-4,7H,5-6,12H2. The molecular weight excluding hydrogens is 195 g/mol. The Morgan fingerprint density at radius 3 is 2.87 bits per heavy atom. The van der Waals surface area contributed by atoms with Crippen molar-refractivity contribution < 1.29 is 4.39 Å². The Balaban J connectivity index is 2.26. The molecule has 15 heavy (non-hydrogen) atoms. The average Bonchev–Trinajstić information content (AvgIpc) is 2.69. The summed E-state index contributed by atoms with van der Waals surface area (Å²) in [5.41, 5.74) is 6.05. The summed E-state index contributed by atoms with van der Waals surface area (Å²) in [5, 5.41) is 3.98. The van der Waals surface area contributed by atoms with Gasteiger partial charge in [-0.2, -0.15) is 5.10 Å². The van der Waals surface area contributed by atoms with Crippen molar-refractivity contribution >= 4 is 0 Å². The molecule has 0 aliphatic heterocycles. The van der Waals surface area contributed by atoms with Gasteiger partial charge in [0, 0.05) is 5.56 Å². The molecule has 0 amide bonds. The molecule has 0 aliphatic carbocycles. The van der Waals surface area contributed by atoms with E-state index in [2.05, 4.69) is 10.1 Å². The molecule has 0 spiro atoms. The van der Waals surface area contributed by atoms with E-state index in [4.69, 9.17) is 5.73 Å². The SMILES string of the molecule is NCc1ncnn1Cc1ccccc1F. The molecule has 2 aromatic rings. The van der Waals surface area contributed by atoms with Crippen LogP contribution in [0.4, 0.5) is 4.39 Å². The van der Waals surface area contributed by atoms with Crippen molar-refractivity contribution in [1.82, 2.24) is 14.8 Å². The Morgan fingerprint density at radius 1 is 1.33 bits per heavy atom. The van der Waals surface area contributed by atoms with Gasteiger partial charge in [0.25, 0.3) is 0 Å². The van der Waals surface area contributed by atoms with Gasteiger partial charge >= 0.3 is 0 Å². The zero-order chi connectivity index (χ0) is 10.7. The Labute approximate surface area is 86.6 Å². The number of halogens is 1. The van der Waals surface area contributed by atoms with Gasteiger partial charge in [-0.3, -0.25) is 0 Å². The van der Waals surface area contributed by atoms with E-state index in [-0.39, 0.29) is 5.82 Å². The molecule has 2 rings (SSSR count). The molecule has 1 heterocycles. The summed E-state index contributed by atoms with van der Waals surface area (Å²) in [7, 11) is 0. The van der Waals surface area contributed by atoms with Crippen LogP contribution in [0, 0.1) is 5.82 Å². The second kappa shape index (κ2) is 4.18. The van der Waals surface area contributed by atoms with Crippen LogP contribution in [-0.4, -0.2) is 14.8 Å². The zero-order valence-corrected chi connectivity index (χ0v) is 8.10. The molecule has 0 saturated carbocycles. The fourth-order valence-electron chi connectivity index (χ4n) is 1.37. The van der Waals surface area contributed by atoms with Crippen LogP contribution in [0.25, 0.3) is 0 Å². The van der Waals surface area contributed by atoms with Crippen LogP contribution in [0.5, 0.6) is 0 Å². The second-order valence-electron chi connectivity index (χ2n) is 3.13. The molecule has 5 heteroatoms. The van der Waals surface area contributed by atoms with Crippen molar-refractivity contribution in [3.8, 4) is 0 Å². The predicted molar refractivity (Wildman–Crippen MR) is 53.4 cm³/mol. The van der Waals surface area contributed by atoms with Crippen LogP contribution in [0.2, 0.25) is 0 Å². The third kappa shape index (κ3) is 2.02. The number of nitrogens with two attached hydrogens (primary N) is 1. The van der Waals surface area contributed by atoms with E-state index in [1.165, 1.54) is 12.4 Å². The lowest BCUT2D eigenvalue weighted by molar-refractivity contribution is 0.573. The Kier molecular flexibility index (Phi) is 2.73. The number of nitrogens with zero attached hydrogens (tertiary/aromatic N) is 3. The lowest BCUT2D eigenvalue weighted by Gasteiger charge is -2.05. The van der Waals surface area contributed by atoms with Gasteiger partial charge in [-0.25, -0.2) is 14.1 Å². The molecule has 0 radical (unpaired) electrons. The summed E-state index contributed by atoms with van der Waals surface area (Å²) >= 11 is 0. The van der Waals surface area contributed by atoms with Gasteiger partial charge < -0.3 is 5.73 Å². The highest BCUT2D eigenvalue weighted by Crippen LogP contribution is 2.08. The minimum Gasteiger partial charge on any atom is -0.324 e. The molecule has 0 saturated heterocycles. The van der Waals surface area contributed by atoms with Crippen molar-refractivity contribution in [3.63, 3.8) is 0 Å². The zero-order valence-electron chi connectivity index (χ0n) is 8.10. The maximum Gasteiger partial charge on any atom is 0.140 e. The lowest BCUT2D eigenvalue weighted by Crippen LogP contribution is -2.11. The summed E-state index contributed by atoms with van der Waals surface area (Å²) in [6.07, 6.45) is 1.42. The van der Waals surface area contributed by atoms with E-state index in [9.17, 15) is 4.39 Å². The summed E-state index contributed by atoms with van der Waals surface area (Å²) in [6.45, 7) is 0.660. The fourth-order valence-corrected chi connectivity index (χ4v) is 1.37. The largest absolute Gasteiger partial charge is 0.324 e. The molecule has 1 aromatic heterocycles. The van der Waals surface area contributed by atoms with Gasteiger partial charge in [0.1, 0.15) is 18.0 Å². The highest BCUT2D eigenvalue weighted by Gasteiger charge is 2.05. The van der Waals surface area contributed by atoms with Crippen molar-refractivity contribution in [3.05, 3.63) is 47.8 Å². The molecule has 0 fully saturated rings. The average molecular weight is 206 g/mol. The van der Waals surface area contributed by atoms with Crippen LogP contribution < -0.4 is 5.73 Å². The maximum absolute atomic E-state index is 13.3. The van der Waals surface area contributed by atoms with Crippen molar-refractivity contribution in [2.75, 3.05) is 0 Å².